The molecule has 0 aliphatic heterocycles. The van der Waals surface area contributed by atoms with Gasteiger partial charge in [0.25, 0.3) is 0 Å². The standard InChI is InChI=1S/C14H26O/c1-7-9-10-12(3)11-13(8-2)15-14(4,5)6/h2,12-13H,7,9-11H2,1,3-6H3. The molecule has 2 atom stereocenters. The zero-order valence-electron chi connectivity index (χ0n) is 11.0. The fourth-order valence-electron chi connectivity index (χ4n) is 1.61. The van der Waals surface area contributed by atoms with E-state index in [1.54, 1.807) is 0 Å². The van der Waals surface area contributed by atoms with Crippen LogP contribution >= 0.6 is 0 Å². The van der Waals surface area contributed by atoms with Gasteiger partial charge in [-0.2, -0.15) is 0 Å². The summed E-state index contributed by atoms with van der Waals surface area (Å²) in [6, 6.07) is 0. The first-order valence-corrected chi connectivity index (χ1v) is 6.03. The molecule has 0 aromatic rings. The third-order valence-electron chi connectivity index (χ3n) is 2.35. The van der Waals surface area contributed by atoms with Gasteiger partial charge in [-0.1, -0.05) is 39.0 Å². The average Bonchev–Trinajstić information content (AvgIpc) is 2.11. The Labute approximate surface area is 95.6 Å². The van der Waals surface area contributed by atoms with Crippen molar-refractivity contribution in [3.05, 3.63) is 0 Å². The van der Waals surface area contributed by atoms with Crippen molar-refractivity contribution in [2.75, 3.05) is 0 Å². The van der Waals surface area contributed by atoms with E-state index in [4.69, 9.17) is 11.2 Å². The second-order valence-corrected chi connectivity index (χ2v) is 5.37. The first-order valence-electron chi connectivity index (χ1n) is 6.03. The van der Waals surface area contributed by atoms with Crippen molar-refractivity contribution in [1.29, 1.82) is 0 Å². The molecule has 0 amide bonds. The third kappa shape index (κ3) is 8.51. The van der Waals surface area contributed by atoms with Crippen LogP contribution in [0.2, 0.25) is 0 Å². The van der Waals surface area contributed by atoms with Crippen LogP contribution in [0.15, 0.2) is 0 Å². The number of terminal acetylenes is 1. The Morgan fingerprint density at radius 2 is 1.93 bits per heavy atom. The molecule has 0 N–H and O–H groups in total. The Morgan fingerprint density at radius 3 is 2.33 bits per heavy atom. The minimum atomic E-state index is -0.137. The van der Waals surface area contributed by atoms with E-state index in [-0.39, 0.29) is 11.7 Å². The van der Waals surface area contributed by atoms with Gasteiger partial charge in [-0.05, 0) is 33.1 Å². The minimum absolute atomic E-state index is 0.0307. The van der Waals surface area contributed by atoms with Gasteiger partial charge in [-0.3, -0.25) is 0 Å². The van der Waals surface area contributed by atoms with Crippen molar-refractivity contribution < 1.29 is 4.74 Å². The molecule has 0 saturated heterocycles. The summed E-state index contributed by atoms with van der Waals surface area (Å²) in [5.41, 5.74) is -0.137. The van der Waals surface area contributed by atoms with Crippen LogP contribution < -0.4 is 0 Å². The van der Waals surface area contributed by atoms with Gasteiger partial charge in [-0.25, -0.2) is 0 Å². The number of rotatable bonds is 6. The van der Waals surface area contributed by atoms with Crippen LogP contribution in [-0.2, 0) is 4.74 Å². The smallest absolute Gasteiger partial charge is 0.118 e. The van der Waals surface area contributed by atoms with Gasteiger partial charge in [-0.15, -0.1) is 6.42 Å². The highest BCUT2D eigenvalue weighted by molar-refractivity contribution is 4.96. The van der Waals surface area contributed by atoms with Crippen molar-refractivity contribution in [1.82, 2.24) is 0 Å². The normalized spacial score (nSPS) is 15.7. The van der Waals surface area contributed by atoms with Crippen LogP contribution in [0.3, 0.4) is 0 Å². The maximum absolute atomic E-state index is 5.80. The van der Waals surface area contributed by atoms with Crippen LogP contribution in [-0.4, -0.2) is 11.7 Å². The molecule has 0 aliphatic carbocycles. The molecule has 0 aliphatic rings. The van der Waals surface area contributed by atoms with Gasteiger partial charge < -0.3 is 4.74 Å². The van der Waals surface area contributed by atoms with Gasteiger partial charge in [0.1, 0.15) is 6.10 Å². The summed E-state index contributed by atoms with van der Waals surface area (Å²) in [5.74, 6) is 3.40. The number of hydrogen-bond donors (Lipinski definition) is 0. The Bertz CT molecular complexity index is 194. The summed E-state index contributed by atoms with van der Waals surface area (Å²) in [4.78, 5) is 0. The minimum Gasteiger partial charge on any atom is -0.360 e. The maximum atomic E-state index is 5.80. The molecule has 1 nitrogen and oxygen atoms in total. The molecule has 0 bridgehead atoms. The second kappa shape index (κ2) is 6.90. The maximum Gasteiger partial charge on any atom is 0.118 e. The SMILES string of the molecule is C#CC(CC(C)CCCC)OC(C)(C)C. The zero-order valence-corrected chi connectivity index (χ0v) is 11.0. The first-order chi connectivity index (χ1) is 6.89. The Hall–Kier alpha value is -0.480. The summed E-state index contributed by atoms with van der Waals surface area (Å²) >= 11 is 0. The van der Waals surface area contributed by atoms with Crippen molar-refractivity contribution in [3.8, 4) is 12.3 Å². The molecule has 0 aromatic carbocycles. The summed E-state index contributed by atoms with van der Waals surface area (Å²) in [6.07, 6.45) is 10.2. The Morgan fingerprint density at radius 1 is 1.33 bits per heavy atom. The van der Waals surface area contributed by atoms with Gasteiger partial charge in [0.15, 0.2) is 0 Å². The van der Waals surface area contributed by atoms with E-state index in [1.807, 2.05) is 20.8 Å². The average molecular weight is 210 g/mol. The highest BCUT2D eigenvalue weighted by Crippen LogP contribution is 2.19. The molecular weight excluding hydrogens is 184 g/mol. The lowest BCUT2D eigenvalue weighted by Crippen LogP contribution is -2.27. The first kappa shape index (κ1) is 14.5. The van der Waals surface area contributed by atoms with Crippen molar-refractivity contribution >= 4 is 0 Å². The van der Waals surface area contributed by atoms with E-state index in [0.717, 1.165) is 6.42 Å². The third-order valence-corrected chi connectivity index (χ3v) is 2.35. The molecule has 0 aromatic heterocycles. The van der Waals surface area contributed by atoms with E-state index in [1.165, 1.54) is 19.3 Å². The molecular formula is C14H26O. The quantitative estimate of drug-likeness (QED) is 0.602. The highest BCUT2D eigenvalue weighted by Gasteiger charge is 2.18. The molecule has 0 radical (unpaired) electrons. The topological polar surface area (TPSA) is 9.23 Å². The monoisotopic (exact) mass is 210 g/mol. The van der Waals surface area contributed by atoms with Crippen LogP contribution in [0.1, 0.15) is 60.3 Å². The van der Waals surface area contributed by atoms with Crippen molar-refractivity contribution in [3.63, 3.8) is 0 Å². The lowest BCUT2D eigenvalue weighted by Gasteiger charge is -2.26. The summed E-state index contributed by atoms with van der Waals surface area (Å²) in [7, 11) is 0. The summed E-state index contributed by atoms with van der Waals surface area (Å²) in [6.45, 7) is 10.6. The molecule has 2 unspecified atom stereocenters. The molecule has 15 heavy (non-hydrogen) atoms. The fraction of sp³-hybridized carbons (Fsp3) is 0.857. The van der Waals surface area contributed by atoms with E-state index in [0.29, 0.717) is 5.92 Å². The summed E-state index contributed by atoms with van der Waals surface area (Å²) in [5, 5.41) is 0. The van der Waals surface area contributed by atoms with Crippen molar-refractivity contribution in [2.45, 2.75) is 72.0 Å². The molecule has 88 valence electrons. The van der Waals surface area contributed by atoms with Crippen LogP contribution in [0.5, 0.6) is 0 Å². The summed E-state index contributed by atoms with van der Waals surface area (Å²) < 4.78 is 5.80. The molecule has 1 heteroatoms. The largest absolute Gasteiger partial charge is 0.360 e. The van der Waals surface area contributed by atoms with Crippen molar-refractivity contribution in [2.24, 2.45) is 5.92 Å². The van der Waals surface area contributed by atoms with Gasteiger partial charge in [0.2, 0.25) is 0 Å². The predicted octanol–water partition coefficient (Wildman–Crippen LogP) is 4.02. The van der Waals surface area contributed by atoms with E-state index in [2.05, 4.69) is 19.8 Å². The second-order valence-electron chi connectivity index (χ2n) is 5.37. The lowest BCUT2D eigenvalue weighted by atomic mass is 9.97. The Kier molecular flexibility index (Phi) is 6.68. The van der Waals surface area contributed by atoms with Crippen LogP contribution in [0, 0.1) is 18.3 Å². The number of unbranched alkanes of at least 4 members (excludes halogenated alkanes) is 1. The number of hydrogen-bond acceptors (Lipinski definition) is 1. The van der Waals surface area contributed by atoms with E-state index < -0.39 is 0 Å². The fourth-order valence-corrected chi connectivity index (χ4v) is 1.61. The van der Waals surface area contributed by atoms with E-state index >= 15 is 0 Å². The highest BCUT2D eigenvalue weighted by atomic mass is 16.5. The Balaban J connectivity index is 3.95. The predicted molar refractivity (Wildman–Crippen MR) is 66.8 cm³/mol. The van der Waals surface area contributed by atoms with Crippen LogP contribution in [0.25, 0.3) is 0 Å². The zero-order chi connectivity index (χ0) is 11.9. The van der Waals surface area contributed by atoms with Crippen LogP contribution in [0.4, 0.5) is 0 Å². The molecule has 0 spiro atoms. The van der Waals surface area contributed by atoms with E-state index in [9.17, 15) is 0 Å². The van der Waals surface area contributed by atoms with Gasteiger partial charge >= 0.3 is 0 Å². The van der Waals surface area contributed by atoms with Gasteiger partial charge in [0.05, 0.1) is 5.60 Å². The molecule has 0 rings (SSSR count). The molecule has 0 heterocycles. The number of ether oxygens (including phenoxy) is 1. The molecule has 0 fully saturated rings. The van der Waals surface area contributed by atoms with Gasteiger partial charge in [0, 0.05) is 0 Å². The molecule has 0 saturated carbocycles. The lowest BCUT2D eigenvalue weighted by molar-refractivity contribution is -0.0418.